The summed E-state index contributed by atoms with van der Waals surface area (Å²) in [5.74, 6) is -0.738. The summed E-state index contributed by atoms with van der Waals surface area (Å²) >= 11 is 6.26. The van der Waals surface area contributed by atoms with Crippen molar-refractivity contribution in [2.45, 2.75) is 38.1 Å². The van der Waals surface area contributed by atoms with Crippen LogP contribution in [0.3, 0.4) is 0 Å². The van der Waals surface area contributed by atoms with Crippen molar-refractivity contribution in [2.75, 3.05) is 19.7 Å². The second-order valence-electron chi connectivity index (χ2n) is 9.63. The van der Waals surface area contributed by atoms with Gasteiger partial charge in [0.15, 0.2) is 0 Å². The Hall–Kier alpha value is -3.75. The van der Waals surface area contributed by atoms with Gasteiger partial charge >= 0.3 is 0 Å². The van der Waals surface area contributed by atoms with Crippen molar-refractivity contribution >= 4 is 29.3 Å². The van der Waals surface area contributed by atoms with Crippen LogP contribution in [0, 0.1) is 6.92 Å². The number of nitrogens with one attached hydrogen (secondary N) is 1. The molecule has 2 fully saturated rings. The number of carbonyl (C=O) groups excluding carboxylic acids is 3. The summed E-state index contributed by atoms with van der Waals surface area (Å²) in [5, 5.41) is 3.31. The van der Waals surface area contributed by atoms with E-state index in [1.54, 1.807) is 52.4 Å². The number of benzene rings is 2. The molecule has 0 bridgehead atoms. The number of hydrogen-bond donors (Lipinski definition) is 1. The highest BCUT2D eigenvalue weighted by Gasteiger charge is 2.54. The number of nitrogens with zero attached hydrogens (tertiary/aromatic N) is 3. The smallest absolute Gasteiger partial charge is 0.256 e. The number of pyridine rings is 1. The van der Waals surface area contributed by atoms with Crippen molar-refractivity contribution in [1.82, 2.24) is 20.1 Å². The minimum atomic E-state index is -0.994. The van der Waals surface area contributed by atoms with Crippen LogP contribution in [0.4, 0.5) is 0 Å². The Morgan fingerprint density at radius 3 is 2.39 bits per heavy atom. The molecule has 0 saturated carbocycles. The Kier molecular flexibility index (Phi) is 7.44. The predicted octanol–water partition coefficient (Wildman–Crippen LogP) is 3.83. The lowest BCUT2D eigenvalue weighted by Crippen LogP contribution is -2.59. The largest absolute Gasteiger partial charge is 0.353 e. The Bertz CT molecular complexity index is 1320. The van der Waals surface area contributed by atoms with E-state index in [9.17, 15) is 14.4 Å². The third kappa shape index (κ3) is 5.14. The quantitative estimate of drug-likeness (QED) is 0.539. The Balaban J connectivity index is 1.37. The van der Waals surface area contributed by atoms with Crippen LogP contribution in [-0.4, -0.2) is 64.0 Å². The first kappa shape index (κ1) is 25.9. The van der Waals surface area contributed by atoms with Gasteiger partial charge in [0.25, 0.3) is 11.8 Å². The average Bonchev–Trinajstić information content (AvgIpc) is 3.31. The monoisotopic (exact) mass is 532 g/mol. The minimum absolute atomic E-state index is 0.0735. The molecule has 1 aromatic heterocycles. The zero-order valence-electron chi connectivity index (χ0n) is 21.1. The lowest BCUT2D eigenvalue weighted by molar-refractivity contribution is -0.128. The first-order valence-corrected chi connectivity index (χ1v) is 13.0. The van der Waals surface area contributed by atoms with E-state index >= 15 is 0 Å². The van der Waals surface area contributed by atoms with Gasteiger partial charge in [-0.05, 0) is 43.3 Å². The van der Waals surface area contributed by atoms with Crippen LogP contribution in [0.15, 0.2) is 72.9 Å². The van der Waals surface area contributed by atoms with Gasteiger partial charge in [0.1, 0.15) is 11.8 Å². The Morgan fingerprint density at radius 1 is 1.00 bits per heavy atom. The van der Waals surface area contributed by atoms with Crippen molar-refractivity contribution in [2.24, 2.45) is 0 Å². The topological polar surface area (TPSA) is 91.8 Å². The van der Waals surface area contributed by atoms with Crippen molar-refractivity contribution in [3.05, 3.63) is 100 Å². The molecule has 3 heterocycles. The number of aromatic nitrogens is 1. The van der Waals surface area contributed by atoms with Crippen LogP contribution in [0.1, 0.15) is 44.8 Å². The molecule has 1 atom stereocenters. The molecule has 8 nitrogen and oxygen atoms in total. The molecule has 1 spiro atoms. The molecule has 0 radical (unpaired) electrons. The molecule has 2 aromatic carbocycles. The van der Waals surface area contributed by atoms with Crippen LogP contribution in [0.5, 0.6) is 0 Å². The van der Waals surface area contributed by atoms with E-state index in [0.29, 0.717) is 42.1 Å². The molecule has 3 aromatic rings. The summed E-state index contributed by atoms with van der Waals surface area (Å²) in [6.07, 6.45) is 2.43. The Labute approximate surface area is 226 Å². The number of likely N-dealkylation sites (tertiary alicyclic amines) is 1. The molecular weight excluding hydrogens is 504 g/mol. The van der Waals surface area contributed by atoms with E-state index in [2.05, 4.69) is 10.3 Å². The lowest BCUT2D eigenvalue weighted by atomic mass is 9.96. The minimum Gasteiger partial charge on any atom is -0.353 e. The highest BCUT2D eigenvalue weighted by Crippen LogP contribution is 2.39. The van der Waals surface area contributed by atoms with E-state index in [-0.39, 0.29) is 30.9 Å². The molecule has 0 aliphatic carbocycles. The third-order valence-electron chi connectivity index (χ3n) is 7.19. The molecule has 3 amide bonds. The number of rotatable bonds is 5. The van der Waals surface area contributed by atoms with Gasteiger partial charge in [-0.15, -0.1) is 0 Å². The van der Waals surface area contributed by atoms with E-state index in [0.717, 1.165) is 11.3 Å². The van der Waals surface area contributed by atoms with Crippen LogP contribution >= 0.6 is 11.6 Å². The van der Waals surface area contributed by atoms with Crippen LogP contribution in [0.25, 0.3) is 0 Å². The first-order chi connectivity index (χ1) is 18.4. The number of ether oxygens (including phenoxy) is 1. The summed E-state index contributed by atoms with van der Waals surface area (Å²) in [6, 6.07) is 18.9. The van der Waals surface area contributed by atoms with Crippen molar-refractivity contribution in [3.8, 4) is 0 Å². The van der Waals surface area contributed by atoms with Gasteiger partial charge < -0.3 is 15.0 Å². The summed E-state index contributed by atoms with van der Waals surface area (Å²) in [6.45, 7) is 3.00. The fraction of sp³-hybridized carbons (Fsp3) is 0.310. The maximum absolute atomic E-state index is 13.9. The second kappa shape index (κ2) is 10.9. The van der Waals surface area contributed by atoms with Crippen LogP contribution in [0.2, 0.25) is 5.02 Å². The fourth-order valence-electron chi connectivity index (χ4n) is 5.06. The standard InChI is InChI=1S/C29H29ClN4O4/c1-20-9-11-21(12-10-20)27(36)34-25(26(35)32-18-22-6-4-5-15-31-22)19-38-29(34)13-16-33(17-14-29)28(37)23-7-2-3-8-24(23)30/h2-12,15,25H,13-14,16-19H2,1H3,(H,32,35)/t25-/m1/s1. The molecule has 1 N–H and O–H groups in total. The molecule has 38 heavy (non-hydrogen) atoms. The highest BCUT2D eigenvalue weighted by atomic mass is 35.5. The maximum atomic E-state index is 13.9. The van der Waals surface area contributed by atoms with Gasteiger partial charge in [0, 0.05) is 37.7 Å². The molecular formula is C29H29ClN4O4. The van der Waals surface area contributed by atoms with Gasteiger partial charge in [-0.25, -0.2) is 0 Å². The van der Waals surface area contributed by atoms with E-state index in [4.69, 9.17) is 16.3 Å². The third-order valence-corrected chi connectivity index (χ3v) is 7.52. The number of carbonyl (C=O) groups is 3. The second-order valence-corrected chi connectivity index (χ2v) is 10.0. The molecule has 2 aliphatic rings. The molecule has 196 valence electrons. The van der Waals surface area contributed by atoms with Gasteiger partial charge in [-0.2, -0.15) is 0 Å². The molecule has 0 unspecified atom stereocenters. The SMILES string of the molecule is Cc1ccc(C(=O)N2[C@@H](C(=O)NCc3ccccn3)COC23CCN(C(=O)c2ccccc2Cl)CC3)cc1. The fourth-order valence-corrected chi connectivity index (χ4v) is 5.28. The molecule has 2 saturated heterocycles. The highest BCUT2D eigenvalue weighted by molar-refractivity contribution is 6.33. The zero-order chi connectivity index (χ0) is 26.7. The first-order valence-electron chi connectivity index (χ1n) is 12.6. The summed E-state index contributed by atoms with van der Waals surface area (Å²) in [5.41, 5.74) is 1.68. The van der Waals surface area contributed by atoms with Crippen molar-refractivity contribution in [1.29, 1.82) is 0 Å². The van der Waals surface area contributed by atoms with Crippen LogP contribution in [-0.2, 0) is 16.1 Å². The molecule has 5 rings (SSSR count). The van der Waals surface area contributed by atoms with E-state index < -0.39 is 11.8 Å². The normalized spacial score (nSPS) is 18.4. The number of aryl methyl sites for hydroxylation is 1. The number of hydrogen-bond acceptors (Lipinski definition) is 5. The molecule has 2 aliphatic heterocycles. The lowest BCUT2D eigenvalue weighted by Gasteiger charge is -2.44. The van der Waals surface area contributed by atoms with Crippen molar-refractivity contribution < 1.29 is 19.1 Å². The summed E-state index contributed by atoms with van der Waals surface area (Å²) < 4.78 is 6.27. The van der Waals surface area contributed by atoms with Crippen molar-refractivity contribution in [3.63, 3.8) is 0 Å². The zero-order valence-corrected chi connectivity index (χ0v) is 21.9. The van der Waals surface area contributed by atoms with Gasteiger partial charge in [-0.1, -0.05) is 47.5 Å². The van der Waals surface area contributed by atoms with E-state index in [1.165, 1.54) is 0 Å². The maximum Gasteiger partial charge on any atom is 0.256 e. The Morgan fingerprint density at radius 2 is 1.71 bits per heavy atom. The van der Waals surface area contributed by atoms with Crippen LogP contribution < -0.4 is 5.32 Å². The summed E-state index contributed by atoms with van der Waals surface area (Å²) in [4.78, 5) is 47.9. The average molecular weight is 533 g/mol. The molecule has 9 heteroatoms. The van der Waals surface area contributed by atoms with Gasteiger partial charge in [-0.3, -0.25) is 24.3 Å². The van der Waals surface area contributed by atoms with E-state index in [1.807, 2.05) is 37.3 Å². The summed E-state index contributed by atoms with van der Waals surface area (Å²) in [7, 11) is 0. The predicted molar refractivity (Wildman–Crippen MR) is 142 cm³/mol. The number of amides is 3. The number of piperidine rings is 1. The number of halogens is 1. The van der Waals surface area contributed by atoms with Gasteiger partial charge in [0.2, 0.25) is 5.91 Å². The van der Waals surface area contributed by atoms with Gasteiger partial charge in [0.05, 0.1) is 29.4 Å².